The zero-order valence-corrected chi connectivity index (χ0v) is 13.2. The topological polar surface area (TPSA) is 81.2 Å². The standard InChI is InChI=1S/C16H27N3O2/c1-12-14(13(2)21-19-12)6-9-18-15(20)10-16(11-17)7-4-3-5-8-16/h3-11,17H2,1-2H3,(H,18,20). The summed E-state index contributed by atoms with van der Waals surface area (Å²) in [5.41, 5.74) is 7.97. The van der Waals surface area contributed by atoms with Crippen LogP contribution in [0.2, 0.25) is 0 Å². The number of rotatable bonds is 6. The molecule has 21 heavy (non-hydrogen) atoms. The van der Waals surface area contributed by atoms with Crippen LogP contribution in [-0.2, 0) is 11.2 Å². The van der Waals surface area contributed by atoms with Crippen LogP contribution in [0.5, 0.6) is 0 Å². The van der Waals surface area contributed by atoms with Crippen molar-refractivity contribution in [3.05, 3.63) is 17.0 Å². The lowest BCUT2D eigenvalue weighted by Crippen LogP contribution is -2.39. The number of carbonyl (C=O) groups is 1. The molecule has 0 saturated heterocycles. The van der Waals surface area contributed by atoms with Gasteiger partial charge in [0.2, 0.25) is 5.91 Å². The van der Waals surface area contributed by atoms with Gasteiger partial charge in [-0.15, -0.1) is 0 Å². The van der Waals surface area contributed by atoms with Gasteiger partial charge in [0.05, 0.1) is 5.69 Å². The molecule has 1 aromatic heterocycles. The second-order valence-corrected chi connectivity index (χ2v) is 6.34. The molecule has 0 aliphatic heterocycles. The molecule has 0 bridgehead atoms. The highest BCUT2D eigenvalue weighted by molar-refractivity contribution is 5.76. The van der Waals surface area contributed by atoms with Gasteiger partial charge in [0.25, 0.3) is 0 Å². The van der Waals surface area contributed by atoms with Crippen molar-refractivity contribution in [3.63, 3.8) is 0 Å². The number of amides is 1. The average molecular weight is 293 g/mol. The van der Waals surface area contributed by atoms with Crippen LogP contribution in [0.3, 0.4) is 0 Å². The Kier molecular flexibility index (Phi) is 5.39. The highest BCUT2D eigenvalue weighted by atomic mass is 16.5. The molecule has 118 valence electrons. The van der Waals surface area contributed by atoms with E-state index in [2.05, 4.69) is 10.5 Å². The van der Waals surface area contributed by atoms with Crippen molar-refractivity contribution < 1.29 is 9.32 Å². The first-order chi connectivity index (χ1) is 10.1. The number of nitrogens with zero attached hydrogens (tertiary/aromatic N) is 1. The molecule has 3 N–H and O–H groups in total. The minimum atomic E-state index is 0.0331. The van der Waals surface area contributed by atoms with E-state index < -0.39 is 0 Å². The van der Waals surface area contributed by atoms with Gasteiger partial charge in [-0.05, 0) is 45.1 Å². The fraction of sp³-hybridized carbons (Fsp3) is 0.750. The molecule has 1 aromatic rings. The van der Waals surface area contributed by atoms with E-state index in [0.717, 1.165) is 36.3 Å². The van der Waals surface area contributed by atoms with E-state index in [1.54, 1.807) is 0 Å². The number of hydrogen-bond donors (Lipinski definition) is 2. The van der Waals surface area contributed by atoms with Gasteiger partial charge in [0, 0.05) is 18.5 Å². The number of nitrogens with one attached hydrogen (secondary N) is 1. The van der Waals surface area contributed by atoms with Crippen LogP contribution in [-0.4, -0.2) is 24.2 Å². The van der Waals surface area contributed by atoms with Crippen molar-refractivity contribution in [1.82, 2.24) is 10.5 Å². The van der Waals surface area contributed by atoms with Crippen molar-refractivity contribution in [2.75, 3.05) is 13.1 Å². The molecule has 1 fully saturated rings. The van der Waals surface area contributed by atoms with Crippen molar-refractivity contribution in [3.8, 4) is 0 Å². The molecule has 0 spiro atoms. The van der Waals surface area contributed by atoms with Gasteiger partial charge in [-0.1, -0.05) is 24.4 Å². The van der Waals surface area contributed by atoms with Gasteiger partial charge < -0.3 is 15.6 Å². The number of nitrogens with two attached hydrogens (primary N) is 1. The number of aryl methyl sites for hydroxylation is 2. The van der Waals surface area contributed by atoms with E-state index in [1.165, 1.54) is 19.3 Å². The van der Waals surface area contributed by atoms with Crippen LogP contribution in [0.4, 0.5) is 0 Å². The maximum Gasteiger partial charge on any atom is 0.220 e. The third-order valence-electron chi connectivity index (χ3n) is 4.76. The highest BCUT2D eigenvalue weighted by Crippen LogP contribution is 2.38. The molecule has 1 amide bonds. The molecule has 0 aromatic carbocycles. The molecular formula is C16H27N3O2. The van der Waals surface area contributed by atoms with Crippen LogP contribution >= 0.6 is 0 Å². The Morgan fingerprint density at radius 3 is 2.62 bits per heavy atom. The minimum absolute atomic E-state index is 0.0331. The quantitative estimate of drug-likeness (QED) is 0.843. The summed E-state index contributed by atoms with van der Waals surface area (Å²) < 4.78 is 5.13. The van der Waals surface area contributed by atoms with Gasteiger partial charge in [0.15, 0.2) is 0 Å². The maximum atomic E-state index is 12.2. The second-order valence-electron chi connectivity index (χ2n) is 6.34. The molecule has 1 aliphatic rings. The Morgan fingerprint density at radius 2 is 2.05 bits per heavy atom. The van der Waals surface area contributed by atoms with Crippen molar-refractivity contribution in [2.45, 2.75) is 58.8 Å². The van der Waals surface area contributed by atoms with Crippen molar-refractivity contribution in [2.24, 2.45) is 11.1 Å². The summed E-state index contributed by atoms with van der Waals surface area (Å²) in [6.07, 6.45) is 7.16. The van der Waals surface area contributed by atoms with E-state index in [-0.39, 0.29) is 11.3 Å². The molecule has 1 heterocycles. The van der Waals surface area contributed by atoms with Crippen molar-refractivity contribution >= 4 is 5.91 Å². The lowest BCUT2D eigenvalue weighted by molar-refractivity contribution is -0.123. The third-order valence-corrected chi connectivity index (χ3v) is 4.76. The first-order valence-electron chi connectivity index (χ1n) is 7.95. The summed E-state index contributed by atoms with van der Waals surface area (Å²) in [7, 11) is 0. The first-order valence-corrected chi connectivity index (χ1v) is 7.95. The zero-order valence-electron chi connectivity index (χ0n) is 13.2. The third kappa shape index (κ3) is 4.06. The molecule has 5 nitrogen and oxygen atoms in total. The monoisotopic (exact) mass is 293 g/mol. The maximum absolute atomic E-state index is 12.2. The van der Waals surface area contributed by atoms with E-state index >= 15 is 0 Å². The fourth-order valence-electron chi connectivity index (χ4n) is 3.34. The molecule has 0 atom stereocenters. The summed E-state index contributed by atoms with van der Waals surface area (Å²) in [4.78, 5) is 12.2. The van der Waals surface area contributed by atoms with Gasteiger partial charge in [-0.3, -0.25) is 4.79 Å². The Hall–Kier alpha value is -1.36. The van der Waals surface area contributed by atoms with Crippen LogP contribution in [0, 0.1) is 19.3 Å². The van der Waals surface area contributed by atoms with E-state index in [4.69, 9.17) is 10.3 Å². The molecule has 5 heteroatoms. The molecule has 1 aliphatic carbocycles. The first kappa shape index (κ1) is 16.0. The zero-order chi connectivity index (χ0) is 15.3. The lowest BCUT2D eigenvalue weighted by Gasteiger charge is -2.35. The van der Waals surface area contributed by atoms with Gasteiger partial charge >= 0.3 is 0 Å². The largest absolute Gasteiger partial charge is 0.361 e. The van der Waals surface area contributed by atoms with Gasteiger partial charge in [0.1, 0.15) is 5.76 Å². The molecule has 1 saturated carbocycles. The molecule has 0 radical (unpaired) electrons. The number of aromatic nitrogens is 1. The Morgan fingerprint density at radius 1 is 1.33 bits per heavy atom. The normalized spacial score (nSPS) is 17.7. The predicted molar refractivity (Wildman–Crippen MR) is 81.9 cm³/mol. The van der Waals surface area contributed by atoms with Gasteiger partial charge in [-0.25, -0.2) is 0 Å². The molecule has 2 rings (SSSR count). The summed E-state index contributed by atoms with van der Waals surface area (Å²) in [5.74, 6) is 0.960. The van der Waals surface area contributed by atoms with Crippen LogP contribution in [0.15, 0.2) is 4.52 Å². The SMILES string of the molecule is Cc1noc(C)c1CCNC(=O)CC1(CN)CCCCC1. The Labute approximate surface area is 126 Å². The van der Waals surface area contributed by atoms with Gasteiger partial charge in [-0.2, -0.15) is 0 Å². The van der Waals surface area contributed by atoms with E-state index in [1.807, 2.05) is 13.8 Å². The van der Waals surface area contributed by atoms with Crippen LogP contribution in [0.1, 0.15) is 55.5 Å². The highest BCUT2D eigenvalue weighted by Gasteiger charge is 2.32. The van der Waals surface area contributed by atoms with Crippen LogP contribution in [0.25, 0.3) is 0 Å². The fourth-order valence-corrected chi connectivity index (χ4v) is 3.34. The number of carbonyl (C=O) groups excluding carboxylic acids is 1. The molecular weight excluding hydrogens is 266 g/mol. The number of hydrogen-bond acceptors (Lipinski definition) is 4. The van der Waals surface area contributed by atoms with E-state index in [9.17, 15) is 4.79 Å². The summed E-state index contributed by atoms with van der Waals surface area (Å²) in [5, 5.41) is 6.95. The average Bonchev–Trinajstić information content (AvgIpc) is 2.80. The molecule has 0 unspecified atom stereocenters. The smallest absolute Gasteiger partial charge is 0.220 e. The van der Waals surface area contributed by atoms with E-state index in [0.29, 0.717) is 19.5 Å². The van der Waals surface area contributed by atoms with Crippen LogP contribution < -0.4 is 11.1 Å². The Bertz CT molecular complexity index is 456. The minimum Gasteiger partial charge on any atom is -0.361 e. The summed E-state index contributed by atoms with van der Waals surface area (Å²) in [6, 6.07) is 0. The lowest BCUT2D eigenvalue weighted by atomic mass is 9.71. The second kappa shape index (κ2) is 7.07. The van der Waals surface area contributed by atoms with Crippen molar-refractivity contribution in [1.29, 1.82) is 0 Å². The Balaban J connectivity index is 1.79. The summed E-state index contributed by atoms with van der Waals surface area (Å²) in [6.45, 7) is 5.08. The summed E-state index contributed by atoms with van der Waals surface area (Å²) >= 11 is 0. The predicted octanol–water partition coefficient (Wildman–Crippen LogP) is 2.25.